The predicted octanol–water partition coefficient (Wildman–Crippen LogP) is 4.65. The van der Waals surface area contributed by atoms with Crippen molar-refractivity contribution in [2.24, 2.45) is 0 Å². The van der Waals surface area contributed by atoms with E-state index in [-0.39, 0.29) is 14.9 Å². The first kappa shape index (κ1) is 16.1. The van der Waals surface area contributed by atoms with Crippen molar-refractivity contribution in [1.29, 1.82) is 0 Å². The first-order valence-corrected chi connectivity index (χ1v) is 8.95. The standard InChI is InChI=1S/C16H12Cl2N2O2S/c1-10-8-9-11-4-2-6-13(16(11)19-10)20-23(21,22)14-7-3-5-12(17)15(14)18/h2-9,20H,1H3. The average Bonchev–Trinajstić information content (AvgIpc) is 2.50. The molecule has 0 radical (unpaired) electrons. The highest BCUT2D eigenvalue weighted by Crippen LogP contribution is 2.31. The largest absolute Gasteiger partial charge is 0.277 e. The van der Waals surface area contributed by atoms with Crippen molar-refractivity contribution in [2.75, 3.05) is 4.72 Å². The molecule has 0 amide bonds. The van der Waals surface area contributed by atoms with E-state index in [9.17, 15) is 8.42 Å². The molecule has 0 aliphatic rings. The summed E-state index contributed by atoms with van der Waals surface area (Å²) in [7, 11) is -3.88. The maximum atomic E-state index is 12.6. The van der Waals surface area contributed by atoms with Gasteiger partial charge in [-0.1, -0.05) is 47.5 Å². The number of pyridine rings is 1. The van der Waals surface area contributed by atoms with Crippen LogP contribution in [-0.2, 0) is 10.0 Å². The van der Waals surface area contributed by atoms with Crippen molar-refractivity contribution in [1.82, 2.24) is 4.98 Å². The normalized spacial score (nSPS) is 11.6. The summed E-state index contributed by atoms with van der Waals surface area (Å²) in [5.74, 6) is 0. The quantitative estimate of drug-likeness (QED) is 0.733. The Bertz CT molecular complexity index is 1000. The van der Waals surface area contributed by atoms with Crippen LogP contribution in [0.1, 0.15) is 5.69 Å². The molecule has 23 heavy (non-hydrogen) atoms. The molecule has 4 nitrogen and oxygen atoms in total. The van der Waals surface area contributed by atoms with Gasteiger partial charge in [0, 0.05) is 11.1 Å². The Morgan fingerprint density at radius 3 is 2.52 bits per heavy atom. The molecule has 2 aromatic carbocycles. The van der Waals surface area contributed by atoms with Crippen LogP contribution in [0.4, 0.5) is 5.69 Å². The van der Waals surface area contributed by atoms with Gasteiger partial charge in [-0.3, -0.25) is 9.71 Å². The van der Waals surface area contributed by atoms with Crippen LogP contribution in [0.5, 0.6) is 0 Å². The Labute approximate surface area is 144 Å². The Morgan fingerprint density at radius 1 is 1.00 bits per heavy atom. The van der Waals surface area contributed by atoms with Gasteiger partial charge in [-0.25, -0.2) is 8.42 Å². The predicted molar refractivity (Wildman–Crippen MR) is 93.8 cm³/mol. The number of para-hydroxylation sites is 1. The van der Waals surface area contributed by atoms with Gasteiger partial charge in [-0.15, -0.1) is 0 Å². The number of nitrogens with one attached hydrogen (secondary N) is 1. The third-order valence-electron chi connectivity index (χ3n) is 3.31. The number of aromatic nitrogens is 1. The van der Waals surface area contributed by atoms with E-state index in [1.54, 1.807) is 12.1 Å². The minimum Gasteiger partial charge on any atom is -0.277 e. The van der Waals surface area contributed by atoms with Crippen molar-refractivity contribution >= 4 is 49.8 Å². The molecule has 0 spiro atoms. The molecule has 0 fully saturated rings. The molecule has 1 N–H and O–H groups in total. The first-order valence-electron chi connectivity index (χ1n) is 6.72. The summed E-state index contributed by atoms with van der Waals surface area (Å²) in [6, 6.07) is 13.5. The molecule has 3 rings (SSSR count). The van der Waals surface area contributed by atoms with Gasteiger partial charge in [0.05, 0.1) is 21.2 Å². The number of fused-ring (bicyclic) bond motifs is 1. The van der Waals surface area contributed by atoms with Crippen molar-refractivity contribution in [3.63, 3.8) is 0 Å². The lowest BCUT2D eigenvalue weighted by atomic mass is 10.2. The number of sulfonamides is 1. The fourth-order valence-corrected chi connectivity index (χ4v) is 4.05. The topological polar surface area (TPSA) is 59.1 Å². The molecule has 0 unspecified atom stereocenters. The van der Waals surface area contributed by atoms with Gasteiger partial charge in [0.2, 0.25) is 0 Å². The SMILES string of the molecule is Cc1ccc2cccc(NS(=O)(=O)c3cccc(Cl)c3Cl)c2n1. The van der Waals surface area contributed by atoms with E-state index < -0.39 is 10.0 Å². The van der Waals surface area contributed by atoms with Crippen molar-refractivity contribution in [3.05, 3.63) is 64.3 Å². The van der Waals surface area contributed by atoms with Crippen LogP contribution in [0, 0.1) is 6.92 Å². The summed E-state index contributed by atoms with van der Waals surface area (Å²) in [5.41, 5.74) is 1.77. The van der Waals surface area contributed by atoms with Crippen LogP contribution in [0.2, 0.25) is 10.0 Å². The number of halogens is 2. The summed E-state index contributed by atoms with van der Waals surface area (Å²) in [6.45, 7) is 1.85. The molecule has 7 heteroatoms. The smallest absolute Gasteiger partial charge is 0.263 e. The highest BCUT2D eigenvalue weighted by Gasteiger charge is 2.20. The van der Waals surface area contributed by atoms with Crippen molar-refractivity contribution in [3.8, 4) is 0 Å². The molecular weight excluding hydrogens is 355 g/mol. The molecule has 0 saturated heterocycles. The number of hydrogen-bond donors (Lipinski definition) is 1. The van der Waals surface area contributed by atoms with Crippen LogP contribution in [0.15, 0.2) is 53.4 Å². The Morgan fingerprint density at radius 2 is 1.74 bits per heavy atom. The van der Waals surface area contributed by atoms with Crippen LogP contribution in [-0.4, -0.2) is 13.4 Å². The molecule has 0 aliphatic carbocycles. The van der Waals surface area contributed by atoms with Gasteiger partial charge in [0.25, 0.3) is 10.0 Å². The molecule has 0 saturated carbocycles. The second kappa shape index (κ2) is 6.00. The zero-order valence-electron chi connectivity index (χ0n) is 12.0. The lowest BCUT2D eigenvalue weighted by Crippen LogP contribution is -2.14. The van der Waals surface area contributed by atoms with Crippen LogP contribution < -0.4 is 4.72 Å². The molecule has 3 aromatic rings. The molecular formula is C16H12Cl2N2O2S. The van der Waals surface area contributed by atoms with E-state index in [2.05, 4.69) is 9.71 Å². The van der Waals surface area contributed by atoms with Gasteiger partial charge < -0.3 is 0 Å². The van der Waals surface area contributed by atoms with Gasteiger partial charge >= 0.3 is 0 Å². The van der Waals surface area contributed by atoms with Gasteiger partial charge in [-0.2, -0.15) is 0 Å². The van der Waals surface area contributed by atoms with Crippen molar-refractivity contribution in [2.45, 2.75) is 11.8 Å². The van der Waals surface area contributed by atoms with E-state index in [0.717, 1.165) is 11.1 Å². The molecule has 118 valence electrons. The maximum absolute atomic E-state index is 12.6. The summed E-state index contributed by atoms with van der Waals surface area (Å²) in [5, 5.41) is 1.01. The maximum Gasteiger partial charge on any atom is 0.263 e. The van der Waals surface area contributed by atoms with E-state index in [1.165, 1.54) is 18.2 Å². The zero-order chi connectivity index (χ0) is 16.6. The fraction of sp³-hybridized carbons (Fsp3) is 0.0625. The number of hydrogen-bond acceptors (Lipinski definition) is 3. The fourth-order valence-electron chi connectivity index (χ4n) is 2.22. The highest BCUT2D eigenvalue weighted by atomic mass is 35.5. The Kier molecular flexibility index (Phi) is 4.19. The van der Waals surface area contributed by atoms with Gasteiger partial charge in [-0.05, 0) is 31.2 Å². The molecule has 0 aliphatic heterocycles. The van der Waals surface area contributed by atoms with E-state index in [0.29, 0.717) is 11.2 Å². The first-order chi connectivity index (χ1) is 10.9. The average molecular weight is 367 g/mol. The van der Waals surface area contributed by atoms with Crippen LogP contribution in [0.3, 0.4) is 0 Å². The number of anilines is 1. The third-order valence-corrected chi connectivity index (χ3v) is 5.65. The molecule has 0 bridgehead atoms. The third kappa shape index (κ3) is 3.13. The van der Waals surface area contributed by atoms with Crippen LogP contribution in [0.25, 0.3) is 10.9 Å². The molecule has 1 aromatic heterocycles. The summed E-state index contributed by atoms with van der Waals surface area (Å²) in [6.07, 6.45) is 0. The van der Waals surface area contributed by atoms with E-state index in [1.807, 2.05) is 25.1 Å². The van der Waals surface area contributed by atoms with Crippen LogP contribution >= 0.6 is 23.2 Å². The summed E-state index contributed by atoms with van der Waals surface area (Å²) in [4.78, 5) is 4.33. The van der Waals surface area contributed by atoms with Gasteiger partial charge in [0.1, 0.15) is 4.90 Å². The minimum absolute atomic E-state index is 0.00829. The lowest BCUT2D eigenvalue weighted by Gasteiger charge is -2.12. The van der Waals surface area contributed by atoms with E-state index >= 15 is 0 Å². The summed E-state index contributed by atoms with van der Waals surface area (Å²) >= 11 is 11.9. The monoisotopic (exact) mass is 366 g/mol. The Hall–Kier alpha value is -1.82. The Balaban J connectivity index is 2.11. The number of nitrogens with zero attached hydrogens (tertiary/aromatic N) is 1. The number of rotatable bonds is 3. The summed E-state index contributed by atoms with van der Waals surface area (Å²) < 4.78 is 27.8. The lowest BCUT2D eigenvalue weighted by molar-refractivity contribution is 0.601. The van der Waals surface area contributed by atoms with Crippen molar-refractivity contribution < 1.29 is 8.42 Å². The molecule has 0 atom stereocenters. The van der Waals surface area contributed by atoms with Gasteiger partial charge in [0.15, 0.2) is 0 Å². The number of aryl methyl sites for hydroxylation is 1. The number of benzene rings is 2. The second-order valence-corrected chi connectivity index (χ2v) is 7.42. The second-order valence-electron chi connectivity index (χ2n) is 4.99. The minimum atomic E-state index is -3.88. The van der Waals surface area contributed by atoms with E-state index in [4.69, 9.17) is 23.2 Å². The zero-order valence-corrected chi connectivity index (χ0v) is 14.4. The highest BCUT2D eigenvalue weighted by molar-refractivity contribution is 7.92. The molecule has 1 heterocycles.